The Kier molecular flexibility index (Phi) is 7.40. The summed E-state index contributed by atoms with van der Waals surface area (Å²) in [5.74, 6) is 0.729. The van der Waals surface area contributed by atoms with Gasteiger partial charge in [-0.15, -0.1) is 0 Å². The van der Waals surface area contributed by atoms with Crippen LogP contribution in [0, 0.1) is 19.8 Å². The summed E-state index contributed by atoms with van der Waals surface area (Å²) in [6, 6.07) is 10.5. The van der Waals surface area contributed by atoms with Gasteiger partial charge in [-0.05, 0) is 93.0 Å². The highest BCUT2D eigenvalue weighted by Gasteiger charge is 2.36. The maximum Gasteiger partial charge on any atom is 0.216 e. The van der Waals surface area contributed by atoms with Gasteiger partial charge in [0.2, 0.25) is 5.91 Å². The van der Waals surface area contributed by atoms with Crippen molar-refractivity contribution < 1.29 is 4.79 Å². The van der Waals surface area contributed by atoms with Crippen LogP contribution < -0.4 is 16.0 Å². The average Bonchev–Trinajstić information content (AvgIpc) is 2.74. The summed E-state index contributed by atoms with van der Waals surface area (Å²) in [6.45, 7) is 9.52. The minimum Gasteiger partial charge on any atom is -0.354 e. The Morgan fingerprint density at radius 1 is 1.17 bits per heavy atom. The smallest absolute Gasteiger partial charge is 0.216 e. The lowest BCUT2D eigenvalue weighted by Crippen LogP contribution is -2.52. The highest BCUT2D eigenvalue weighted by Crippen LogP contribution is 2.33. The number of pyridine rings is 1. The highest BCUT2D eigenvalue weighted by molar-refractivity contribution is 5.73. The van der Waals surface area contributed by atoms with E-state index < -0.39 is 5.54 Å². The van der Waals surface area contributed by atoms with Crippen LogP contribution in [0.2, 0.25) is 0 Å². The molecule has 1 unspecified atom stereocenters. The standard InChI is InChI=1S/C24H34N4O/c1-18-5-4-6-23(19(18)2)24(17-27-20(3)29,22-10-14-26-15-11-22)28-16-9-21-7-12-25-13-8-21/h4-6,10-11,14-15,21,25,28H,7-9,12-13,16-17H2,1-3H3,(H,27,29). The van der Waals surface area contributed by atoms with Crippen molar-refractivity contribution >= 4 is 5.91 Å². The zero-order valence-electron chi connectivity index (χ0n) is 17.9. The van der Waals surface area contributed by atoms with Crippen molar-refractivity contribution in [1.29, 1.82) is 0 Å². The number of nitrogens with zero attached hydrogens (tertiary/aromatic N) is 1. The molecule has 0 bridgehead atoms. The molecule has 5 nitrogen and oxygen atoms in total. The van der Waals surface area contributed by atoms with Crippen molar-refractivity contribution in [2.75, 3.05) is 26.2 Å². The summed E-state index contributed by atoms with van der Waals surface area (Å²) in [7, 11) is 0. The topological polar surface area (TPSA) is 66.1 Å². The molecule has 156 valence electrons. The van der Waals surface area contributed by atoms with E-state index in [1.807, 2.05) is 12.4 Å². The number of aromatic nitrogens is 1. The van der Waals surface area contributed by atoms with E-state index in [0.29, 0.717) is 6.54 Å². The number of piperidine rings is 1. The van der Waals surface area contributed by atoms with E-state index in [-0.39, 0.29) is 5.91 Å². The van der Waals surface area contributed by atoms with E-state index in [4.69, 9.17) is 0 Å². The Hall–Kier alpha value is -2.24. The van der Waals surface area contributed by atoms with Crippen LogP contribution in [0.25, 0.3) is 0 Å². The molecule has 2 heterocycles. The van der Waals surface area contributed by atoms with E-state index in [2.05, 4.69) is 65.1 Å². The van der Waals surface area contributed by atoms with Gasteiger partial charge in [0.05, 0.1) is 5.54 Å². The van der Waals surface area contributed by atoms with Crippen LogP contribution in [-0.2, 0) is 10.3 Å². The molecule has 0 saturated carbocycles. The zero-order valence-corrected chi connectivity index (χ0v) is 17.9. The van der Waals surface area contributed by atoms with Gasteiger partial charge in [0.25, 0.3) is 0 Å². The summed E-state index contributed by atoms with van der Waals surface area (Å²) in [5, 5.41) is 10.4. The van der Waals surface area contributed by atoms with Crippen LogP contribution >= 0.6 is 0 Å². The second kappa shape index (κ2) is 9.99. The normalized spacial score (nSPS) is 16.9. The van der Waals surface area contributed by atoms with Crippen LogP contribution in [-0.4, -0.2) is 37.1 Å². The second-order valence-corrected chi connectivity index (χ2v) is 8.21. The zero-order chi connectivity index (χ0) is 20.7. The van der Waals surface area contributed by atoms with Crippen LogP contribution in [0.15, 0.2) is 42.7 Å². The number of nitrogens with one attached hydrogen (secondary N) is 3. The van der Waals surface area contributed by atoms with Gasteiger partial charge in [0, 0.05) is 25.9 Å². The summed E-state index contributed by atoms with van der Waals surface area (Å²) < 4.78 is 0. The minimum atomic E-state index is -0.488. The van der Waals surface area contributed by atoms with Crippen molar-refractivity contribution in [1.82, 2.24) is 20.9 Å². The molecule has 5 heteroatoms. The van der Waals surface area contributed by atoms with Crippen LogP contribution in [0.4, 0.5) is 0 Å². The molecule has 1 fully saturated rings. The molecule has 29 heavy (non-hydrogen) atoms. The molecular formula is C24H34N4O. The van der Waals surface area contributed by atoms with Gasteiger partial charge in [-0.1, -0.05) is 18.2 Å². The summed E-state index contributed by atoms with van der Waals surface area (Å²) in [5.41, 5.74) is 4.36. The van der Waals surface area contributed by atoms with Gasteiger partial charge in [-0.2, -0.15) is 0 Å². The fraction of sp³-hybridized carbons (Fsp3) is 0.500. The van der Waals surface area contributed by atoms with E-state index in [1.165, 1.54) is 29.5 Å². The Labute approximate surface area is 174 Å². The lowest BCUT2D eigenvalue weighted by molar-refractivity contribution is -0.119. The van der Waals surface area contributed by atoms with Gasteiger partial charge in [0.15, 0.2) is 0 Å². The Bertz CT molecular complexity index is 802. The van der Waals surface area contributed by atoms with Crippen molar-refractivity contribution in [3.63, 3.8) is 0 Å². The maximum absolute atomic E-state index is 11.9. The van der Waals surface area contributed by atoms with Gasteiger partial charge < -0.3 is 16.0 Å². The number of benzene rings is 1. The molecule has 3 rings (SSSR count). The average molecular weight is 395 g/mol. The largest absolute Gasteiger partial charge is 0.354 e. The molecule has 1 aliphatic rings. The molecule has 0 spiro atoms. The Morgan fingerprint density at radius 2 is 1.90 bits per heavy atom. The predicted molar refractivity (Wildman–Crippen MR) is 118 cm³/mol. The van der Waals surface area contributed by atoms with Gasteiger partial charge in [-0.25, -0.2) is 0 Å². The number of hydrogen-bond acceptors (Lipinski definition) is 4. The molecule has 0 radical (unpaired) electrons. The summed E-state index contributed by atoms with van der Waals surface area (Å²) in [4.78, 5) is 16.1. The first-order valence-electron chi connectivity index (χ1n) is 10.7. The SMILES string of the molecule is CC(=O)NCC(NCCC1CCNCC1)(c1ccncc1)c1cccc(C)c1C. The second-order valence-electron chi connectivity index (χ2n) is 8.21. The molecule has 1 atom stereocenters. The van der Waals surface area contributed by atoms with Crippen molar-refractivity contribution in [2.45, 2.75) is 45.6 Å². The third-order valence-corrected chi connectivity index (χ3v) is 6.28. The fourth-order valence-corrected chi connectivity index (χ4v) is 4.38. The first kappa shape index (κ1) is 21.5. The molecule has 1 aliphatic heterocycles. The van der Waals surface area contributed by atoms with Gasteiger partial charge in [0.1, 0.15) is 0 Å². The molecule has 1 amide bonds. The van der Waals surface area contributed by atoms with Crippen LogP contribution in [0.5, 0.6) is 0 Å². The van der Waals surface area contributed by atoms with E-state index in [9.17, 15) is 4.79 Å². The van der Waals surface area contributed by atoms with Gasteiger partial charge in [-0.3, -0.25) is 9.78 Å². The molecule has 0 aliphatic carbocycles. The lowest BCUT2D eigenvalue weighted by atomic mass is 9.79. The van der Waals surface area contributed by atoms with E-state index >= 15 is 0 Å². The monoisotopic (exact) mass is 394 g/mol. The maximum atomic E-state index is 11.9. The summed E-state index contributed by atoms with van der Waals surface area (Å²) >= 11 is 0. The number of aryl methyl sites for hydroxylation is 1. The molecule has 2 aromatic rings. The molecule has 1 aromatic heterocycles. The number of carbonyl (C=O) groups is 1. The fourth-order valence-electron chi connectivity index (χ4n) is 4.38. The van der Waals surface area contributed by atoms with Gasteiger partial charge >= 0.3 is 0 Å². The lowest BCUT2D eigenvalue weighted by Gasteiger charge is -2.38. The molecule has 1 aromatic carbocycles. The number of carbonyl (C=O) groups excluding carboxylic acids is 1. The molecule has 3 N–H and O–H groups in total. The molecular weight excluding hydrogens is 360 g/mol. The summed E-state index contributed by atoms with van der Waals surface area (Å²) in [6.07, 6.45) is 7.27. The van der Waals surface area contributed by atoms with Crippen LogP contribution in [0.3, 0.4) is 0 Å². The quantitative estimate of drug-likeness (QED) is 0.644. The van der Waals surface area contributed by atoms with E-state index in [1.54, 1.807) is 6.92 Å². The van der Waals surface area contributed by atoms with Crippen LogP contribution in [0.1, 0.15) is 48.4 Å². The first-order valence-corrected chi connectivity index (χ1v) is 10.7. The molecule has 1 saturated heterocycles. The third kappa shape index (κ3) is 5.22. The van der Waals surface area contributed by atoms with Crippen molar-refractivity contribution in [3.8, 4) is 0 Å². The third-order valence-electron chi connectivity index (χ3n) is 6.28. The minimum absolute atomic E-state index is 0.0195. The number of rotatable bonds is 8. The van der Waals surface area contributed by atoms with Crippen molar-refractivity contribution in [2.24, 2.45) is 5.92 Å². The first-order chi connectivity index (χ1) is 14.0. The van der Waals surface area contributed by atoms with Crippen molar-refractivity contribution in [3.05, 3.63) is 65.0 Å². The highest BCUT2D eigenvalue weighted by atomic mass is 16.1. The van der Waals surface area contributed by atoms with E-state index in [0.717, 1.165) is 37.5 Å². The Morgan fingerprint density at radius 3 is 2.59 bits per heavy atom. The number of hydrogen-bond donors (Lipinski definition) is 3. The predicted octanol–water partition coefficient (Wildman–Crippen LogP) is 3.06. The Balaban J connectivity index is 1.96. The number of amides is 1.